The lowest BCUT2D eigenvalue weighted by molar-refractivity contribution is 0.0691. The Morgan fingerprint density at radius 2 is 2.15 bits per heavy atom. The molecule has 1 saturated carbocycles. The molecule has 3 atom stereocenters. The second-order valence-electron chi connectivity index (χ2n) is 8.69. The van der Waals surface area contributed by atoms with Gasteiger partial charge in [0.1, 0.15) is 5.56 Å². The van der Waals surface area contributed by atoms with E-state index < -0.39 is 11.4 Å². The number of carboxylic acids is 1. The Kier molecular flexibility index (Phi) is 3.21. The molecule has 0 aromatic carbocycles. The van der Waals surface area contributed by atoms with Gasteiger partial charge in [0.2, 0.25) is 0 Å². The van der Waals surface area contributed by atoms with Crippen LogP contribution < -0.4 is 10.9 Å². The number of aromatic carboxylic acids is 1. The zero-order chi connectivity index (χ0) is 19.1. The van der Waals surface area contributed by atoms with Crippen molar-refractivity contribution in [3.8, 4) is 0 Å². The van der Waals surface area contributed by atoms with Gasteiger partial charge in [-0.1, -0.05) is 37.6 Å². The van der Waals surface area contributed by atoms with Gasteiger partial charge >= 0.3 is 5.97 Å². The zero-order valence-corrected chi connectivity index (χ0v) is 15.7. The Morgan fingerprint density at radius 3 is 2.89 bits per heavy atom. The van der Waals surface area contributed by atoms with E-state index in [0.717, 1.165) is 29.8 Å². The lowest BCUT2D eigenvalue weighted by atomic mass is 9.84. The topological polar surface area (TPSA) is 74.6 Å². The van der Waals surface area contributed by atoms with Gasteiger partial charge in [0.15, 0.2) is 5.43 Å². The average Bonchev–Trinajstić information content (AvgIpc) is 3.13. The molecular weight excluding hydrogens is 342 g/mol. The van der Waals surface area contributed by atoms with E-state index in [0.29, 0.717) is 0 Å². The van der Waals surface area contributed by atoms with Gasteiger partial charge in [0, 0.05) is 17.8 Å². The van der Waals surface area contributed by atoms with Gasteiger partial charge in [-0.25, -0.2) is 10.2 Å². The maximum atomic E-state index is 12.5. The maximum absolute atomic E-state index is 12.5. The molecule has 3 heterocycles. The van der Waals surface area contributed by atoms with Gasteiger partial charge in [0.25, 0.3) is 0 Å². The molecule has 2 aliphatic carbocycles. The summed E-state index contributed by atoms with van der Waals surface area (Å²) in [7, 11) is 0. The molecular formula is C21H23N3O3. The number of hydrogen-bond donors (Lipinski definition) is 2. The van der Waals surface area contributed by atoms with Gasteiger partial charge in [-0.05, 0) is 25.2 Å². The number of hydrogen-bond acceptors (Lipinski definition) is 4. The molecule has 0 amide bonds. The summed E-state index contributed by atoms with van der Waals surface area (Å²) in [6.07, 6.45) is 9.88. The smallest absolute Gasteiger partial charge is 0.341 e. The van der Waals surface area contributed by atoms with Gasteiger partial charge in [0.05, 0.1) is 29.5 Å². The number of nitrogens with zero attached hydrogens (tertiary/aromatic N) is 2. The fourth-order valence-electron chi connectivity index (χ4n) is 5.31. The van der Waals surface area contributed by atoms with E-state index in [1.165, 1.54) is 11.6 Å². The van der Waals surface area contributed by atoms with Crippen LogP contribution in [0.2, 0.25) is 0 Å². The monoisotopic (exact) mass is 365 g/mol. The zero-order valence-electron chi connectivity index (χ0n) is 15.7. The van der Waals surface area contributed by atoms with E-state index in [1.807, 2.05) is 6.08 Å². The van der Waals surface area contributed by atoms with Crippen molar-refractivity contribution in [2.24, 2.45) is 5.41 Å². The summed E-state index contributed by atoms with van der Waals surface area (Å²) in [4.78, 5) is 24.1. The lowest BCUT2D eigenvalue weighted by Crippen LogP contribution is -2.51. The number of carboxylic acid groups (broad SMARTS) is 1. The van der Waals surface area contributed by atoms with Crippen LogP contribution in [0.25, 0.3) is 5.70 Å². The average molecular weight is 365 g/mol. The number of allylic oxidation sites excluding steroid dienone is 2. The van der Waals surface area contributed by atoms with Crippen LogP contribution in [0.15, 0.2) is 46.4 Å². The van der Waals surface area contributed by atoms with E-state index in [2.05, 4.69) is 47.9 Å². The second kappa shape index (κ2) is 5.23. The fourth-order valence-corrected chi connectivity index (χ4v) is 5.31. The summed E-state index contributed by atoms with van der Waals surface area (Å²) in [6, 6.07) is 1.95. The normalized spacial score (nSPS) is 29.8. The van der Waals surface area contributed by atoms with Crippen LogP contribution in [-0.2, 0) is 0 Å². The van der Waals surface area contributed by atoms with Crippen LogP contribution in [-0.4, -0.2) is 32.7 Å². The van der Waals surface area contributed by atoms with Crippen molar-refractivity contribution in [2.45, 2.75) is 51.7 Å². The van der Waals surface area contributed by atoms with Crippen LogP contribution in [0.3, 0.4) is 0 Å². The molecule has 3 unspecified atom stereocenters. The molecule has 0 spiro atoms. The summed E-state index contributed by atoms with van der Waals surface area (Å²) in [5, 5.41) is 11.7. The Balaban J connectivity index is 1.82. The molecule has 140 valence electrons. The predicted octanol–water partition coefficient (Wildman–Crippen LogP) is 2.71. The van der Waals surface area contributed by atoms with Crippen molar-refractivity contribution in [3.05, 3.63) is 63.1 Å². The summed E-state index contributed by atoms with van der Waals surface area (Å²) in [5.41, 5.74) is 7.28. The molecule has 6 nitrogen and oxygen atoms in total. The first-order valence-electron chi connectivity index (χ1n) is 9.44. The van der Waals surface area contributed by atoms with Crippen LogP contribution in [0.1, 0.15) is 55.7 Å². The highest BCUT2D eigenvalue weighted by molar-refractivity contribution is 5.87. The third kappa shape index (κ3) is 2.10. The maximum Gasteiger partial charge on any atom is 0.341 e. The molecule has 5 rings (SSSR count). The van der Waals surface area contributed by atoms with Crippen LogP contribution in [0.4, 0.5) is 0 Å². The minimum absolute atomic E-state index is 0.0105. The molecule has 2 N–H and O–H groups in total. The highest BCUT2D eigenvalue weighted by atomic mass is 16.4. The lowest BCUT2D eigenvalue weighted by Gasteiger charge is -2.45. The summed E-state index contributed by atoms with van der Waals surface area (Å²) < 4.78 is 2.06. The van der Waals surface area contributed by atoms with Gasteiger partial charge < -0.3 is 9.67 Å². The Morgan fingerprint density at radius 1 is 1.37 bits per heavy atom. The SMILES string of the molecule is CC1=CC=CC2=C3c4cc(=O)c(C(=O)O)cn4C4C(CCC4(C)C)N3NC12. The first-order valence-corrected chi connectivity index (χ1v) is 9.44. The van der Waals surface area contributed by atoms with Crippen LogP contribution in [0.5, 0.6) is 0 Å². The Bertz CT molecular complexity index is 1030. The second-order valence-corrected chi connectivity index (χ2v) is 8.69. The number of nitrogens with one attached hydrogen (secondary N) is 1. The number of hydrazine groups is 1. The molecule has 4 aliphatic rings. The summed E-state index contributed by atoms with van der Waals surface area (Å²) in [6.45, 7) is 6.56. The molecule has 27 heavy (non-hydrogen) atoms. The van der Waals surface area contributed by atoms with Crippen LogP contribution >= 0.6 is 0 Å². The van der Waals surface area contributed by atoms with Crippen LogP contribution in [0, 0.1) is 5.41 Å². The largest absolute Gasteiger partial charge is 0.477 e. The third-order valence-electron chi connectivity index (χ3n) is 6.62. The van der Waals surface area contributed by atoms with Crippen molar-refractivity contribution in [1.82, 2.24) is 15.0 Å². The first-order chi connectivity index (χ1) is 12.8. The minimum atomic E-state index is -1.17. The van der Waals surface area contributed by atoms with Gasteiger partial charge in [-0.2, -0.15) is 0 Å². The summed E-state index contributed by atoms with van der Waals surface area (Å²) in [5.74, 6) is -1.17. The van der Waals surface area contributed by atoms with Crippen molar-refractivity contribution in [2.75, 3.05) is 0 Å². The predicted molar refractivity (Wildman–Crippen MR) is 102 cm³/mol. The van der Waals surface area contributed by atoms with Crippen molar-refractivity contribution < 1.29 is 9.90 Å². The Labute approximate surface area is 157 Å². The van der Waals surface area contributed by atoms with Gasteiger partial charge in [-0.3, -0.25) is 9.80 Å². The van der Waals surface area contributed by atoms with E-state index in [1.54, 1.807) is 6.20 Å². The Hall–Kier alpha value is -2.60. The van der Waals surface area contributed by atoms with Crippen molar-refractivity contribution in [3.63, 3.8) is 0 Å². The number of aromatic nitrogens is 1. The molecule has 0 radical (unpaired) electrons. The molecule has 6 heteroatoms. The molecule has 1 aromatic rings. The van der Waals surface area contributed by atoms with E-state index in [-0.39, 0.29) is 29.1 Å². The van der Waals surface area contributed by atoms with Crippen molar-refractivity contribution in [1.29, 1.82) is 0 Å². The summed E-state index contributed by atoms with van der Waals surface area (Å²) >= 11 is 0. The number of rotatable bonds is 1. The van der Waals surface area contributed by atoms with E-state index in [4.69, 9.17) is 0 Å². The number of fused-ring (bicyclic) bond motifs is 7. The first kappa shape index (κ1) is 16.6. The quantitative estimate of drug-likeness (QED) is 0.800. The molecule has 1 fully saturated rings. The fraction of sp³-hybridized carbons (Fsp3) is 0.429. The number of carbonyl (C=O) groups is 1. The molecule has 2 aliphatic heterocycles. The number of pyridine rings is 1. The molecule has 0 saturated heterocycles. The van der Waals surface area contributed by atoms with E-state index in [9.17, 15) is 14.7 Å². The molecule has 1 aromatic heterocycles. The minimum Gasteiger partial charge on any atom is -0.477 e. The molecule has 0 bridgehead atoms. The third-order valence-corrected chi connectivity index (χ3v) is 6.62. The standard InChI is InChI=1S/C21H23N3O3/c1-11-5-4-6-12-17(11)22-24-14-7-8-21(2,3)19(14)23-10-13(20(26)27)16(25)9-15(23)18(12)24/h4-6,9-10,14,17,19,22H,7-8H2,1-3H3,(H,26,27). The highest BCUT2D eigenvalue weighted by Crippen LogP contribution is 2.54. The van der Waals surface area contributed by atoms with E-state index >= 15 is 0 Å². The van der Waals surface area contributed by atoms with Crippen molar-refractivity contribution >= 4 is 11.7 Å². The highest BCUT2D eigenvalue weighted by Gasteiger charge is 2.52. The van der Waals surface area contributed by atoms with Gasteiger partial charge in [-0.15, -0.1) is 0 Å².